The average Bonchev–Trinajstić information content (AvgIpc) is 2.46. The SMILES string of the molecule is CC1CC2(CCN1C)CC2(F)F. The number of nitrogens with zero attached hydrogens (tertiary/aromatic N) is 1. The molecule has 2 unspecified atom stereocenters. The summed E-state index contributed by atoms with van der Waals surface area (Å²) in [7, 11) is 2.01. The number of alkyl halides is 2. The smallest absolute Gasteiger partial charge is 0.254 e. The van der Waals surface area contributed by atoms with E-state index in [0.717, 1.165) is 6.54 Å². The summed E-state index contributed by atoms with van der Waals surface area (Å²) in [5.74, 6) is -2.34. The molecule has 1 aliphatic carbocycles. The predicted octanol–water partition coefficient (Wildman–Crippen LogP) is 2.13. The molecule has 0 N–H and O–H groups in total. The molecular formula is C9H15F2N. The number of hydrogen-bond donors (Lipinski definition) is 0. The first-order valence-electron chi connectivity index (χ1n) is 4.55. The molecule has 3 heteroatoms. The largest absolute Gasteiger partial charge is 0.304 e. The van der Waals surface area contributed by atoms with Crippen LogP contribution in [0.4, 0.5) is 8.78 Å². The molecule has 70 valence electrons. The van der Waals surface area contributed by atoms with E-state index >= 15 is 0 Å². The van der Waals surface area contributed by atoms with E-state index in [0.29, 0.717) is 18.9 Å². The van der Waals surface area contributed by atoms with Gasteiger partial charge in [0, 0.05) is 17.9 Å². The molecule has 0 aromatic heterocycles. The molecule has 0 aromatic carbocycles. The lowest BCUT2D eigenvalue weighted by Gasteiger charge is -2.35. The maximum Gasteiger partial charge on any atom is 0.254 e. The second kappa shape index (κ2) is 2.19. The summed E-state index contributed by atoms with van der Waals surface area (Å²) in [5, 5.41) is 0. The van der Waals surface area contributed by atoms with E-state index in [2.05, 4.69) is 4.90 Å². The third-order valence-corrected chi connectivity index (χ3v) is 3.59. The number of piperidine rings is 1. The molecule has 0 radical (unpaired) electrons. The Labute approximate surface area is 71.7 Å². The first kappa shape index (κ1) is 8.42. The standard InChI is InChI=1S/C9H15F2N/c1-7-5-8(3-4-12(7)2)6-9(8,10)11/h7H,3-6H2,1-2H3. The highest BCUT2D eigenvalue weighted by atomic mass is 19.3. The Hall–Kier alpha value is -0.180. The van der Waals surface area contributed by atoms with Crippen LogP contribution in [0.5, 0.6) is 0 Å². The van der Waals surface area contributed by atoms with Gasteiger partial charge in [-0.3, -0.25) is 0 Å². The normalized spacial score (nSPS) is 46.5. The molecule has 1 nitrogen and oxygen atoms in total. The van der Waals surface area contributed by atoms with Crippen LogP contribution < -0.4 is 0 Å². The fourth-order valence-corrected chi connectivity index (χ4v) is 2.31. The third kappa shape index (κ3) is 0.987. The van der Waals surface area contributed by atoms with Crippen molar-refractivity contribution >= 4 is 0 Å². The van der Waals surface area contributed by atoms with Gasteiger partial charge in [-0.2, -0.15) is 0 Å². The van der Waals surface area contributed by atoms with Crippen LogP contribution in [0.2, 0.25) is 0 Å². The van der Waals surface area contributed by atoms with Gasteiger partial charge >= 0.3 is 0 Å². The van der Waals surface area contributed by atoms with Gasteiger partial charge in [0.05, 0.1) is 0 Å². The van der Waals surface area contributed by atoms with Crippen molar-refractivity contribution in [2.24, 2.45) is 5.41 Å². The molecule has 0 bridgehead atoms. The lowest BCUT2D eigenvalue weighted by molar-refractivity contribution is 0.0206. The Morgan fingerprint density at radius 2 is 2.00 bits per heavy atom. The molecule has 1 aliphatic heterocycles. The highest BCUT2D eigenvalue weighted by Crippen LogP contribution is 2.66. The summed E-state index contributed by atoms with van der Waals surface area (Å²) in [6, 6.07) is 0.326. The molecule has 0 amide bonds. The second-order valence-electron chi connectivity index (χ2n) is 4.45. The van der Waals surface area contributed by atoms with Gasteiger partial charge in [-0.25, -0.2) is 8.78 Å². The van der Waals surface area contributed by atoms with Gasteiger partial charge < -0.3 is 4.90 Å². The van der Waals surface area contributed by atoms with Crippen LogP contribution in [0.3, 0.4) is 0 Å². The molecule has 1 saturated carbocycles. The molecule has 12 heavy (non-hydrogen) atoms. The van der Waals surface area contributed by atoms with Crippen LogP contribution in [0.15, 0.2) is 0 Å². The maximum absolute atomic E-state index is 13.0. The zero-order valence-corrected chi connectivity index (χ0v) is 7.61. The van der Waals surface area contributed by atoms with Gasteiger partial charge in [-0.05, 0) is 33.4 Å². The van der Waals surface area contributed by atoms with E-state index in [1.54, 1.807) is 0 Å². The number of likely N-dealkylation sites (tertiary alicyclic amines) is 1. The van der Waals surface area contributed by atoms with Crippen LogP contribution >= 0.6 is 0 Å². The van der Waals surface area contributed by atoms with Gasteiger partial charge in [0.25, 0.3) is 5.92 Å². The molecule has 0 aromatic rings. The minimum atomic E-state index is -2.34. The highest BCUT2D eigenvalue weighted by molar-refractivity contribution is 5.12. The van der Waals surface area contributed by atoms with E-state index in [1.165, 1.54) is 0 Å². The zero-order valence-electron chi connectivity index (χ0n) is 7.61. The highest BCUT2D eigenvalue weighted by Gasteiger charge is 2.71. The van der Waals surface area contributed by atoms with Crippen LogP contribution in [0, 0.1) is 5.41 Å². The summed E-state index contributed by atoms with van der Waals surface area (Å²) in [5.41, 5.74) is -0.598. The molecule has 2 aliphatic rings. The van der Waals surface area contributed by atoms with Gasteiger partial charge in [0.1, 0.15) is 0 Å². The Kier molecular flexibility index (Phi) is 1.54. The minimum absolute atomic E-state index is 0.137. The van der Waals surface area contributed by atoms with Gasteiger partial charge in [-0.15, -0.1) is 0 Å². The topological polar surface area (TPSA) is 3.24 Å². The average molecular weight is 175 g/mol. The van der Waals surface area contributed by atoms with Crippen LogP contribution in [0.25, 0.3) is 0 Å². The van der Waals surface area contributed by atoms with Crippen LogP contribution in [0.1, 0.15) is 26.2 Å². The molecule has 2 fully saturated rings. The summed E-state index contributed by atoms with van der Waals surface area (Å²) in [4.78, 5) is 2.17. The molecule has 2 atom stereocenters. The van der Waals surface area contributed by atoms with E-state index in [-0.39, 0.29) is 6.42 Å². The van der Waals surface area contributed by atoms with Crippen LogP contribution in [-0.4, -0.2) is 30.5 Å². The van der Waals surface area contributed by atoms with Gasteiger partial charge in [0.15, 0.2) is 0 Å². The lowest BCUT2D eigenvalue weighted by Crippen LogP contribution is -2.40. The lowest BCUT2D eigenvalue weighted by atomic mass is 9.88. The van der Waals surface area contributed by atoms with E-state index in [1.807, 2.05) is 14.0 Å². The van der Waals surface area contributed by atoms with Crippen molar-refractivity contribution in [2.45, 2.75) is 38.2 Å². The van der Waals surface area contributed by atoms with Crippen molar-refractivity contribution in [1.29, 1.82) is 0 Å². The zero-order chi connectivity index (χ0) is 8.98. The predicted molar refractivity (Wildman–Crippen MR) is 43.3 cm³/mol. The third-order valence-electron chi connectivity index (χ3n) is 3.59. The van der Waals surface area contributed by atoms with Crippen LogP contribution in [-0.2, 0) is 0 Å². The molecule has 2 rings (SSSR count). The van der Waals surface area contributed by atoms with Crippen molar-refractivity contribution in [3.63, 3.8) is 0 Å². The van der Waals surface area contributed by atoms with Crippen molar-refractivity contribution in [3.8, 4) is 0 Å². The quantitative estimate of drug-likeness (QED) is 0.545. The van der Waals surface area contributed by atoms with E-state index in [4.69, 9.17) is 0 Å². The van der Waals surface area contributed by atoms with E-state index in [9.17, 15) is 8.78 Å². The molecular weight excluding hydrogens is 160 g/mol. The summed E-state index contributed by atoms with van der Waals surface area (Å²) >= 11 is 0. The summed E-state index contributed by atoms with van der Waals surface area (Å²) in [6.45, 7) is 2.87. The first-order valence-corrected chi connectivity index (χ1v) is 4.55. The fraction of sp³-hybridized carbons (Fsp3) is 1.00. The monoisotopic (exact) mass is 175 g/mol. The van der Waals surface area contributed by atoms with Crippen molar-refractivity contribution < 1.29 is 8.78 Å². The van der Waals surface area contributed by atoms with Gasteiger partial charge in [0.2, 0.25) is 0 Å². The summed E-state index contributed by atoms with van der Waals surface area (Å²) < 4.78 is 25.9. The number of halogens is 2. The van der Waals surface area contributed by atoms with Crippen molar-refractivity contribution in [1.82, 2.24) is 4.90 Å². The fourth-order valence-electron chi connectivity index (χ4n) is 2.31. The second-order valence-corrected chi connectivity index (χ2v) is 4.45. The summed E-state index contributed by atoms with van der Waals surface area (Å²) in [6.07, 6.45) is 1.50. The number of hydrogen-bond acceptors (Lipinski definition) is 1. The Morgan fingerprint density at radius 3 is 2.42 bits per heavy atom. The van der Waals surface area contributed by atoms with E-state index < -0.39 is 11.3 Å². The van der Waals surface area contributed by atoms with Crippen molar-refractivity contribution in [3.05, 3.63) is 0 Å². The molecule has 1 spiro atoms. The molecule has 1 heterocycles. The Morgan fingerprint density at radius 1 is 1.42 bits per heavy atom. The Balaban J connectivity index is 2.05. The Bertz CT molecular complexity index is 205. The molecule has 1 saturated heterocycles. The van der Waals surface area contributed by atoms with Gasteiger partial charge in [-0.1, -0.05) is 0 Å². The van der Waals surface area contributed by atoms with Crippen molar-refractivity contribution in [2.75, 3.05) is 13.6 Å². The maximum atomic E-state index is 13.0. The number of rotatable bonds is 0. The first-order chi connectivity index (χ1) is 5.47. The minimum Gasteiger partial charge on any atom is -0.304 e.